The van der Waals surface area contributed by atoms with Crippen LogP contribution in [0.1, 0.15) is 27.2 Å². The van der Waals surface area contributed by atoms with E-state index in [1.165, 1.54) is 0 Å². The number of nitrogens with two attached hydrogens (primary N) is 1. The third-order valence-electron chi connectivity index (χ3n) is 2.66. The minimum absolute atomic E-state index is 0.0127. The van der Waals surface area contributed by atoms with Crippen LogP contribution in [0.25, 0.3) is 0 Å². The minimum atomic E-state index is -0.140. The molecule has 0 rings (SSSR count). The van der Waals surface area contributed by atoms with Crippen LogP contribution in [0, 0.1) is 11.8 Å². The summed E-state index contributed by atoms with van der Waals surface area (Å²) in [5, 5.41) is 8.97. The fraction of sp³-hybridized carbons (Fsp3) is 0.909. The van der Waals surface area contributed by atoms with Crippen LogP contribution in [0.3, 0.4) is 0 Å². The highest BCUT2D eigenvalue weighted by molar-refractivity contribution is 5.79. The molecular weight excluding hydrogens is 192 g/mol. The molecule has 90 valence electrons. The Morgan fingerprint density at radius 1 is 1.40 bits per heavy atom. The van der Waals surface area contributed by atoms with Gasteiger partial charge >= 0.3 is 0 Å². The van der Waals surface area contributed by atoms with Crippen molar-refractivity contribution in [2.45, 2.75) is 33.2 Å². The van der Waals surface area contributed by atoms with E-state index in [1.54, 1.807) is 11.9 Å². The lowest BCUT2D eigenvalue weighted by atomic mass is 9.95. The SMILES string of the molecule is CC(C)CC(CN)C(=O)N(C)C(C)CO. The molecular formula is C11H24N2O2. The molecule has 0 aromatic heterocycles. The fourth-order valence-corrected chi connectivity index (χ4v) is 1.49. The maximum Gasteiger partial charge on any atom is 0.227 e. The zero-order valence-electron chi connectivity index (χ0n) is 10.2. The van der Waals surface area contributed by atoms with Gasteiger partial charge in [-0.05, 0) is 19.3 Å². The van der Waals surface area contributed by atoms with Gasteiger partial charge in [0.2, 0.25) is 5.91 Å². The van der Waals surface area contributed by atoms with Gasteiger partial charge in [0.1, 0.15) is 0 Å². The van der Waals surface area contributed by atoms with E-state index in [4.69, 9.17) is 10.8 Å². The van der Waals surface area contributed by atoms with Crippen LogP contribution in [-0.2, 0) is 4.79 Å². The topological polar surface area (TPSA) is 66.6 Å². The highest BCUT2D eigenvalue weighted by atomic mass is 16.3. The molecule has 0 aliphatic rings. The maximum absolute atomic E-state index is 11.9. The second-order valence-electron chi connectivity index (χ2n) is 4.54. The number of likely N-dealkylation sites (N-methyl/N-ethyl adjacent to an activating group) is 1. The number of rotatable bonds is 6. The van der Waals surface area contributed by atoms with Gasteiger partial charge in [-0.15, -0.1) is 0 Å². The van der Waals surface area contributed by atoms with Gasteiger partial charge in [-0.25, -0.2) is 0 Å². The van der Waals surface area contributed by atoms with Crippen molar-refractivity contribution in [2.24, 2.45) is 17.6 Å². The molecule has 1 amide bonds. The van der Waals surface area contributed by atoms with E-state index in [0.717, 1.165) is 6.42 Å². The molecule has 0 aliphatic carbocycles. The molecule has 4 heteroatoms. The molecule has 0 radical (unpaired) electrons. The summed E-state index contributed by atoms with van der Waals surface area (Å²) < 4.78 is 0. The second-order valence-corrected chi connectivity index (χ2v) is 4.54. The molecule has 4 nitrogen and oxygen atoms in total. The maximum atomic E-state index is 11.9. The first kappa shape index (κ1) is 14.4. The van der Waals surface area contributed by atoms with Crippen molar-refractivity contribution in [1.29, 1.82) is 0 Å². The molecule has 15 heavy (non-hydrogen) atoms. The number of aliphatic hydroxyl groups excluding tert-OH is 1. The summed E-state index contributed by atoms with van der Waals surface area (Å²) in [4.78, 5) is 13.5. The van der Waals surface area contributed by atoms with E-state index in [1.807, 2.05) is 6.92 Å². The molecule has 2 unspecified atom stereocenters. The molecule has 0 bridgehead atoms. The Balaban J connectivity index is 4.37. The lowest BCUT2D eigenvalue weighted by Crippen LogP contribution is -2.43. The largest absolute Gasteiger partial charge is 0.394 e. The van der Waals surface area contributed by atoms with Crippen LogP contribution >= 0.6 is 0 Å². The molecule has 0 saturated carbocycles. The van der Waals surface area contributed by atoms with Crippen LogP contribution in [0.2, 0.25) is 0 Å². The van der Waals surface area contributed by atoms with Gasteiger partial charge < -0.3 is 15.7 Å². The van der Waals surface area contributed by atoms with Crippen molar-refractivity contribution in [2.75, 3.05) is 20.2 Å². The number of nitrogens with zero attached hydrogens (tertiary/aromatic N) is 1. The molecule has 0 aromatic carbocycles. The third kappa shape index (κ3) is 4.62. The molecule has 0 spiro atoms. The molecule has 0 fully saturated rings. The number of carbonyl (C=O) groups excluding carboxylic acids is 1. The standard InChI is InChI=1S/C11H24N2O2/c1-8(2)5-10(6-12)11(15)13(4)9(3)7-14/h8-10,14H,5-7,12H2,1-4H3. The highest BCUT2D eigenvalue weighted by Gasteiger charge is 2.24. The van der Waals surface area contributed by atoms with Crippen LogP contribution < -0.4 is 5.73 Å². The predicted molar refractivity (Wildman–Crippen MR) is 61.3 cm³/mol. The van der Waals surface area contributed by atoms with Crippen LogP contribution in [0.15, 0.2) is 0 Å². The number of carbonyl (C=O) groups is 1. The van der Waals surface area contributed by atoms with E-state index in [-0.39, 0.29) is 24.5 Å². The van der Waals surface area contributed by atoms with Gasteiger partial charge in [0.05, 0.1) is 18.6 Å². The summed E-state index contributed by atoms with van der Waals surface area (Å²) in [6.45, 7) is 6.33. The summed E-state index contributed by atoms with van der Waals surface area (Å²) in [5.74, 6) is 0.372. The molecule has 2 atom stereocenters. The third-order valence-corrected chi connectivity index (χ3v) is 2.66. The highest BCUT2D eigenvalue weighted by Crippen LogP contribution is 2.14. The molecule has 0 saturated heterocycles. The Labute approximate surface area is 92.4 Å². The van der Waals surface area contributed by atoms with Crippen LogP contribution in [0.4, 0.5) is 0 Å². The summed E-state index contributed by atoms with van der Waals surface area (Å²) in [6, 6.07) is -0.140. The lowest BCUT2D eigenvalue weighted by Gasteiger charge is -2.28. The Morgan fingerprint density at radius 3 is 2.27 bits per heavy atom. The first-order valence-electron chi connectivity index (χ1n) is 5.51. The van der Waals surface area contributed by atoms with E-state index in [9.17, 15) is 4.79 Å². The normalized spacial score (nSPS) is 15.1. The minimum Gasteiger partial charge on any atom is -0.394 e. The summed E-state index contributed by atoms with van der Waals surface area (Å²) in [5.41, 5.74) is 5.59. The summed E-state index contributed by atoms with van der Waals surface area (Å²) in [6.07, 6.45) is 0.803. The Morgan fingerprint density at radius 2 is 1.93 bits per heavy atom. The predicted octanol–water partition coefficient (Wildman–Crippen LogP) is 0.447. The van der Waals surface area contributed by atoms with Crippen LogP contribution in [-0.4, -0.2) is 42.2 Å². The average Bonchev–Trinajstić information content (AvgIpc) is 2.22. The Bertz CT molecular complexity index is 195. The molecule has 3 N–H and O–H groups in total. The van der Waals surface area contributed by atoms with E-state index in [0.29, 0.717) is 12.5 Å². The van der Waals surface area contributed by atoms with Crippen molar-refractivity contribution >= 4 is 5.91 Å². The Kier molecular flexibility index (Phi) is 6.52. The van der Waals surface area contributed by atoms with Crippen molar-refractivity contribution in [3.63, 3.8) is 0 Å². The fourth-order valence-electron chi connectivity index (χ4n) is 1.49. The molecule has 0 heterocycles. The smallest absolute Gasteiger partial charge is 0.227 e. The summed E-state index contributed by atoms with van der Waals surface area (Å²) >= 11 is 0. The van der Waals surface area contributed by atoms with Crippen LogP contribution in [0.5, 0.6) is 0 Å². The van der Waals surface area contributed by atoms with Gasteiger partial charge in [0.15, 0.2) is 0 Å². The first-order chi connectivity index (χ1) is 6.93. The second kappa shape index (κ2) is 6.80. The van der Waals surface area contributed by atoms with Gasteiger partial charge in [-0.3, -0.25) is 4.79 Å². The monoisotopic (exact) mass is 216 g/mol. The average molecular weight is 216 g/mol. The van der Waals surface area contributed by atoms with Gasteiger partial charge in [0.25, 0.3) is 0 Å². The van der Waals surface area contributed by atoms with Gasteiger partial charge in [-0.1, -0.05) is 13.8 Å². The van der Waals surface area contributed by atoms with Crippen molar-refractivity contribution in [3.05, 3.63) is 0 Å². The number of hydrogen-bond donors (Lipinski definition) is 2. The number of amides is 1. The van der Waals surface area contributed by atoms with Crippen molar-refractivity contribution < 1.29 is 9.90 Å². The first-order valence-corrected chi connectivity index (χ1v) is 5.51. The van der Waals surface area contributed by atoms with E-state index in [2.05, 4.69) is 13.8 Å². The van der Waals surface area contributed by atoms with Crippen molar-refractivity contribution in [1.82, 2.24) is 4.90 Å². The van der Waals surface area contributed by atoms with Gasteiger partial charge in [-0.2, -0.15) is 0 Å². The molecule has 0 aliphatic heterocycles. The number of hydrogen-bond acceptors (Lipinski definition) is 3. The number of aliphatic hydroxyl groups is 1. The summed E-state index contributed by atoms with van der Waals surface area (Å²) in [7, 11) is 1.71. The lowest BCUT2D eigenvalue weighted by molar-refractivity contribution is -0.137. The zero-order valence-corrected chi connectivity index (χ0v) is 10.2. The quantitative estimate of drug-likeness (QED) is 0.677. The molecule has 0 aromatic rings. The van der Waals surface area contributed by atoms with Gasteiger partial charge in [0, 0.05) is 13.6 Å². The Hall–Kier alpha value is -0.610. The van der Waals surface area contributed by atoms with E-state index >= 15 is 0 Å². The van der Waals surface area contributed by atoms with E-state index < -0.39 is 0 Å². The zero-order chi connectivity index (χ0) is 12.0. The van der Waals surface area contributed by atoms with Crippen molar-refractivity contribution in [3.8, 4) is 0 Å².